The fourth-order valence-corrected chi connectivity index (χ4v) is 2.99. The monoisotopic (exact) mass is 266 g/mol. The molecule has 6 nitrogen and oxygen atoms in total. The van der Waals surface area contributed by atoms with Crippen LogP contribution in [0.25, 0.3) is 0 Å². The van der Waals surface area contributed by atoms with E-state index < -0.39 is 35.5 Å². The van der Waals surface area contributed by atoms with Crippen LogP contribution in [0.4, 0.5) is 0 Å². The molecule has 6 heteroatoms. The molecule has 0 unspecified atom stereocenters. The van der Waals surface area contributed by atoms with Gasteiger partial charge in [-0.05, 0) is 12.8 Å². The summed E-state index contributed by atoms with van der Waals surface area (Å²) in [6.45, 7) is 5.18. The zero-order valence-electron chi connectivity index (χ0n) is 10.4. The van der Waals surface area contributed by atoms with E-state index in [1.54, 1.807) is 6.92 Å². The number of Topliss-reactive ketones (excluding diaryl/α,β-unsaturated/α-hetero) is 1. The second kappa shape index (κ2) is 3.68. The lowest BCUT2D eigenvalue weighted by Gasteiger charge is -2.40. The van der Waals surface area contributed by atoms with Crippen molar-refractivity contribution in [2.75, 3.05) is 0 Å². The smallest absolute Gasteiger partial charge is 0.351 e. The molecule has 0 aromatic carbocycles. The summed E-state index contributed by atoms with van der Waals surface area (Å²) in [5.41, 5.74) is -1.10. The van der Waals surface area contributed by atoms with Crippen molar-refractivity contribution in [1.29, 1.82) is 0 Å². The van der Waals surface area contributed by atoms with Crippen molar-refractivity contribution in [3.63, 3.8) is 0 Å². The predicted octanol–water partition coefficient (Wildman–Crippen LogP) is -0.199. The predicted molar refractivity (Wildman–Crippen MR) is 61.5 cm³/mol. The first-order valence-electron chi connectivity index (χ1n) is 6.07. The molecule has 0 spiro atoms. The highest BCUT2D eigenvalue weighted by Crippen LogP contribution is 2.46. The number of carbonyl (C=O) groups excluding carboxylic acids is 2. The van der Waals surface area contributed by atoms with Crippen molar-refractivity contribution < 1.29 is 29.3 Å². The van der Waals surface area contributed by atoms with Gasteiger partial charge in [-0.2, -0.15) is 0 Å². The number of fused-ring (bicyclic) bond motifs is 2. The van der Waals surface area contributed by atoms with E-state index in [9.17, 15) is 19.8 Å². The highest BCUT2D eigenvalue weighted by Gasteiger charge is 2.54. The van der Waals surface area contributed by atoms with Gasteiger partial charge in [-0.3, -0.25) is 4.79 Å². The number of ketones is 1. The van der Waals surface area contributed by atoms with Crippen LogP contribution in [0.1, 0.15) is 19.8 Å². The average Bonchev–Trinajstić information content (AvgIpc) is 2.53. The summed E-state index contributed by atoms with van der Waals surface area (Å²) in [7, 11) is 0. The first-order chi connectivity index (χ1) is 8.83. The van der Waals surface area contributed by atoms with Gasteiger partial charge in [-0.15, -0.1) is 0 Å². The number of aliphatic hydroxyl groups is 2. The van der Waals surface area contributed by atoms with Crippen LogP contribution in [-0.2, 0) is 19.1 Å². The maximum absolute atomic E-state index is 12.5. The van der Waals surface area contributed by atoms with Crippen LogP contribution in [0, 0.1) is 5.41 Å². The Morgan fingerprint density at radius 1 is 1.32 bits per heavy atom. The van der Waals surface area contributed by atoms with Gasteiger partial charge in [-0.1, -0.05) is 13.5 Å². The Hall–Kier alpha value is -1.66. The zero-order chi connectivity index (χ0) is 13.9. The molecule has 1 saturated carbocycles. The number of ether oxygens (including phenoxy) is 2. The van der Waals surface area contributed by atoms with Gasteiger partial charge in [0.1, 0.15) is 17.8 Å². The van der Waals surface area contributed by atoms with E-state index in [1.165, 1.54) is 0 Å². The molecule has 0 aromatic heterocycles. The minimum atomic E-state index is -1.10. The summed E-state index contributed by atoms with van der Waals surface area (Å²) in [5.74, 6) is -1.22. The first kappa shape index (κ1) is 12.4. The van der Waals surface area contributed by atoms with Gasteiger partial charge in [0.2, 0.25) is 0 Å². The Labute approximate surface area is 109 Å². The van der Waals surface area contributed by atoms with E-state index in [-0.39, 0.29) is 29.9 Å². The minimum Gasteiger partial charge on any atom is -0.483 e. The normalized spacial score (nSPS) is 41.6. The molecular weight excluding hydrogens is 252 g/mol. The van der Waals surface area contributed by atoms with Crippen molar-refractivity contribution in [2.45, 2.75) is 38.1 Å². The summed E-state index contributed by atoms with van der Waals surface area (Å²) < 4.78 is 10.3. The molecule has 2 heterocycles. The third kappa shape index (κ3) is 1.56. The van der Waals surface area contributed by atoms with E-state index >= 15 is 0 Å². The van der Waals surface area contributed by atoms with Crippen molar-refractivity contribution in [2.24, 2.45) is 5.41 Å². The van der Waals surface area contributed by atoms with Gasteiger partial charge >= 0.3 is 5.97 Å². The Morgan fingerprint density at radius 3 is 2.68 bits per heavy atom. The number of carbonyl (C=O) groups is 2. The lowest BCUT2D eigenvalue weighted by molar-refractivity contribution is -0.148. The second-order valence-electron chi connectivity index (χ2n) is 5.53. The van der Waals surface area contributed by atoms with Crippen LogP contribution < -0.4 is 0 Å². The highest BCUT2D eigenvalue weighted by molar-refractivity contribution is 6.22. The Bertz CT molecular complexity index is 533. The van der Waals surface area contributed by atoms with Gasteiger partial charge in [0.25, 0.3) is 0 Å². The SMILES string of the molecule is C=C1OC(=O)C2=C1O[C@H]1C[C@](C)(C[C@H](O)[C@@H]1O)C2=O. The van der Waals surface area contributed by atoms with E-state index in [2.05, 4.69) is 6.58 Å². The maximum atomic E-state index is 12.5. The van der Waals surface area contributed by atoms with Gasteiger partial charge in [-0.25, -0.2) is 4.79 Å². The number of aliphatic hydroxyl groups excluding tert-OH is 2. The molecule has 3 rings (SSSR count). The molecule has 3 aliphatic rings. The quantitative estimate of drug-likeness (QED) is 0.466. The molecular formula is C13H14O6. The van der Waals surface area contributed by atoms with Crippen molar-refractivity contribution in [3.05, 3.63) is 23.7 Å². The first-order valence-corrected chi connectivity index (χ1v) is 6.07. The largest absolute Gasteiger partial charge is 0.483 e. The molecule has 0 aromatic rings. The zero-order valence-corrected chi connectivity index (χ0v) is 10.4. The molecule has 1 fully saturated rings. The van der Waals surface area contributed by atoms with E-state index in [0.29, 0.717) is 0 Å². The number of cyclic esters (lactones) is 1. The molecule has 2 bridgehead atoms. The summed E-state index contributed by atoms with van der Waals surface area (Å²) in [6.07, 6.45) is -2.58. The summed E-state index contributed by atoms with van der Waals surface area (Å²) in [4.78, 5) is 24.2. The number of hydrogen-bond acceptors (Lipinski definition) is 6. The fourth-order valence-electron chi connectivity index (χ4n) is 2.99. The lowest BCUT2D eigenvalue weighted by Crippen LogP contribution is -2.51. The van der Waals surface area contributed by atoms with Gasteiger partial charge in [0.15, 0.2) is 17.3 Å². The summed E-state index contributed by atoms with van der Waals surface area (Å²) in [6, 6.07) is 0. The fraction of sp³-hybridized carbons (Fsp3) is 0.538. The van der Waals surface area contributed by atoms with E-state index in [0.717, 1.165) is 0 Å². The maximum Gasteiger partial charge on any atom is 0.351 e. The van der Waals surface area contributed by atoms with Crippen LogP contribution >= 0.6 is 0 Å². The molecule has 0 saturated heterocycles. The van der Waals surface area contributed by atoms with Crippen molar-refractivity contribution in [1.82, 2.24) is 0 Å². The molecule has 1 aliphatic carbocycles. The standard InChI is InChI=1S/C13H14O6/c1-5-10-8(12(17)18-5)11(16)13(2)3-6(14)9(15)7(4-13)19-10/h6-7,9,14-15H,1,3-4H2,2H3/t6-,7-,9-,13-/m0/s1. The number of hydrogen-bond donors (Lipinski definition) is 2. The topological polar surface area (TPSA) is 93.1 Å². The van der Waals surface area contributed by atoms with Crippen molar-refractivity contribution in [3.8, 4) is 0 Å². The van der Waals surface area contributed by atoms with Crippen LogP contribution in [0.5, 0.6) is 0 Å². The van der Waals surface area contributed by atoms with Crippen molar-refractivity contribution >= 4 is 11.8 Å². The van der Waals surface area contributed by atoms with Crippen LogP contribution in [0.2, 0.25) is 0 Å². The number of esters is 1. The Balaban J connectivity index is 2.13. The van der Waals surface area contributed by atoms with Gasteiger partial charge in [0, 0.05) is 5.41 Å². The highest BCUT2D eigenvalue weighted by atomic mass is 16.6. The lowest BCUT2D eigenvalue weighted by atomic mass is 9.68. The summed E-state index contributed by atoms with van der Waals surface area (Å²) >= 11 is 0. The molecule has 19 heavy (non-hydrogen) atoms. The molecule has 2 aliphatic heterocycles. The molecule has 102 valence electrons. The van der Waals surface area contributed by atoms with Gasteiger partial charge < -0.3 is 19.7 Å². The Morgan fingerprint density at radius 2 is 2.00 bits per heavy atom. The van der Waals surface area contributed by atoms with E-state index in [1.807, 2.05) is 0 Å². The third-order valence-corrected chi connectivity index (χ3v) is 4.03. The van der Waals surface area contributed by atoms with Crippen LogP contribution in [-0.4, -0.2) is 40.3 Å². The Kier molecular flexibility index (Phi) is 2.40. The van der Waals surface area contributed by atoms with Crippen LogP contribution in [0.15, 0.2) is 23.7 Å². The minimum absolute atomic E-state index is 0.00289. The van der Waals surface area contributed by atoms with Crippen LogP contribution in [0.3, 0.4) is 0 Å². The van der Waals surface area contributed by atoms with Gasteiger partial charge in [0.05, 0.1) is 6.10 Å². The molecule has 2 N–H and O–H groups in total. The van der Waals surface area contributed by atoms with E-state index in [4.69, 9.17) is 9.47 Å². The third-order valence-electron chi connectivity index (χ3n) is 4.03. The molecule has 0 amide bonds. The average molecular weight is 266 g/mol. The summed E-state index contributed by atoms with van der Waals surface area (Å²) in [5, 5.41) is 19.8. The molecule has 0 radical (unpaired) electrons. The number of rotatable bonds is 0. The second-order valence-corrected chi connectivity index (χ2v) is 5.53. The molecule has 4 atom stereocenters.